The maximum absolute atomic E-state index is 13.0. The quantitative estimate of drug-likeness (QED) is 0.499. The van der Waals surface area contributed by atoms with E-state index in [0.717, 1.165) is 6.07 Å². The Hall–Kier alpha value is -1.17. The van der Waals surface area contributed by atoms with E-state index in [2.05, 4.69) is 15.9 Å². The van der Waals surface area contributed by atoms with Gasteiger partial charge in [-0.05, 0) is 12.1 Å². The van der Waals surface area contributed by atoms with Crippen LogP contribution < -0.4 is 10.5 Å². The Balaban J connectivity index is 2.90. The first-order chi connectivity index (χ1) is 6.50. The minimum atomic E-state index is -1.09. The Morgan fingerprint density at radius 2 is 2.14 bits per heavy atom. The van der Waals surface area contributed by atoms with Crippen molar-refractivity contribution in [3.05, 3.63) is 28.2 Å². The summed E-state index contributed by atoms with van der Waals surface area (Å²) in [6.45, 7) is -0.271. The summed E-state index contributed by atoms with van der Waals surface area (Å²) in [7, 11) is 0. The van der Waals surface area contributed by atoms with Crippen LogP contribution in [0.25, 0.3) is 0 Å². The molecular formula is C8H7BrF2N2O. The molecule has 0 saturated carbocycles. The van der Waals surface area contributed by atoms with E-state index >= 15 is 0 Å². The van der Waals surface area contributed by atoms with Crippen LogP contribution in [0.5, 0.6) is 5.75 Å². The molecule has 1 aromatic carbocycles. The van der Waals surface area contributed by atoms with Crippen molar-refractivity contribution in [1.29, 1.82) is 5.41 Å². The van der Waals surface area contributed by atoms with Crippen LogP contribution in [0.3, 0.4) is 0 Å². The van der Waals surface area contributed by atoms with Crippen LogP contribution in [0, 0.1) is 17.0 Å². The molecule has 76 valence electrons. The normalized spacial score (nSPS) is 9.93. The van der Waals surface area contributed by atoms with Gasteiger partial charge in [0.1, 0.15) is 12.4 Å². The van der Waals surface area contributed by atoms with E-state index in [1.807, 2.05) is 0 Å². The molecule has 0 aliphatic carbocycles. The molecule has 0 heterocycles. The van der Waals surface area contributed by atoms with Crippen molar-refractivity contribution in [3.63, 3.8) is 0 Å². The van der Waals surface area contributed by atoms with Gasteiger partial charge in [0.05, 0.1) is 0 Å². The predicted molar refractivity (Wildman–Crippen MR) is 51.5 cm³/mol. The largest absolute Gasteiger partial charge is 0.483 e. The van der Waals surface area contributed by atoms with Crippen LogP contribution >= 0.6 is 15.9 Å². The minimum absolute atomic E-state index is 0.259. The summed E-state index contributed by atoms with van der Waals surface area (Å²) in [5, 5.41) is 6.85. The monoisotopic (exact) mass is 264 g/mol. The highest BCUT2D eigenvalue weighted by molar-refractivity contribution is 9.10. The van der Waals surface area contributed by atoms with E-state index in [9.17, 15) is 8.78 Å². The SMILES string of the molecule is N=C(N)COc1cc(Br)cc(F)c1F. The topological polar surface area (TPSA) is 59.1 Å². The van der Waals surface area contributed by atoms with E-state index in [4.69, 9.17) is 15.9 Å². The lowest BCUT2D eigenvalue weighted by Gasteiger charge is -2.06. The van der Waals surface area contributed by atoms with Gasteiger partial charge in [0.25, 0.3) is 0 Å². The summed E-state index contributed by atoms with van der Waals surface area (Å²) >= 11 is 2.98. The second-order valence-corrected chi connectivity index (χ2v) is 3.43. The lowest BCUT2D eigenvalue weighted by molar-refractivity contribution is 0.341. The van der Waals surface area contributed by atoms with Crippen molar-refractivity contribution in [2.24, 2.45) is 5.73 Å². The molecule has 0 radical (unpaired) electrons. The van der Waals surface area contributed by atoms with Gasteiger partial charge in [-0.3, -0.25) is 5.41 Å². The molecule has 1 aromatic rings. The standard InChI is InChI=1S/C8H7BrF2N2O/c9-4-1-5(10)8(11)6(2-4)14-3-7(12)13/h1-2H,3H2,(H3,12,13). The fourth-order valence-corrected chi connectivity index (χ4v) is 1.20. The van der Waals surface area contributed by atoms with Crippen LogP contribution in [0.4, 0.5) is 8.78 Å². The van der Waals surface area contributed by atoms with Gasteiger partial charge in [-0.1, -0.05) is 15.9 Å². The van der Waals surface area contributed by atoms with Gasteiger partial charge >= 0.3 is 0 Å². The highest BCUT2D eigenvalue weighted by atomic mass is 79.9. The molecule has 6 heteroatoms. The fourth-order valence-electron chi connectivity index (χ4n) is 0.793. The van der Waals surface area contributed by atoms with Gasteiger partial charge in [-0.2, -0.15) is 4.39 Å². The van der Waals surface area contributed by atoms with Gasteiger partial charge in [0, 0.05) is 4.47 Å². The molecule has 0 bridgehead atoms. The van der Waals surface area contributed by atoms with Crippen molar-refractivity contribution >= 4 is 21.8 Å². The van der Waals surface area contributed by atoms with E-state index in [1.54, 1.807) is 0 Å². The van der Waals surface area contributed by atoms with Crippen LogP contribution in [-0.2, 0) is 0 Å². The third kappa shape index (κ3) is 2.66. The van der Waals surface area contributed by atoms with Gasteiger partial charge in [-0.15, -0.1) is 0 Å². The maximum atomic E-state index is 13.0. The summed E-state index contributed by atoms with van der Waals surface area (Å²) in [4.78, 5) is 0. The molecule has 0 spiro atoms. The van der Waals surface area contributed by atoms with Crippen molar-refractivity contribution in [3.8, 4) is 5.75 Å². The van der Waals surface area contributed by atoms with E-state index in [-0.39, 0.29) is 18.2 Å². The molecule has 0 fully saturated rings. The highest BCUT2D eigenvalue weighted by Crippen LogP contribution is 2.25. The molecule has 0 aromatic heterocycles. The summed E-state index contributed by atoms with van der Waals surface area (Å²) in [6, 6.07) is 2.25. The number of nitrogens with one attached hydrogen (secondary N) is 1. The van der Waals surface area contributed by atoms with Crippen LogP contribution in [0.1, 0.15) is 0 Å². The number of ether oxygens (including phenoxy) is 1. The Morgan fingerprint density at radius 3 is 2.71 bits per heavy atom. The van der Waals surface area contributed by atoms with Gasteiger partial charge in [-0.25, -0.2) is 4.39 Å². The molecule has 1 rings (SSSR count). The molecule has 0 atom stereocenters. The molecular weight excluding hydrogens is 258 g/mol. The van der Waals surface area contributed by atoms with Crippen molar-refractivity contribution in [2.45, 2.75) is 0 Å². The summed E-state index contributed by atoms with van der Waals surface area (Å²) in [5.41, 5.74) is 5.00. The Labute approximate surface area is 87.5 Å². The third-order valence-corrected chi connectivity index (χ3v) is 1.80. The number of hydrogen-bond donors (Lipinski definition) is 2. The first-order valence-electron chi connectivity index (χ1n) is 3.61. The molecule has 0 unspecified atom stereocenters. The number of rotatable bonds is 3. The van der Waals surface area contributed by atoms with Crippen LogP contribution in [0.15, 0.2) is 16.6 Å². The second-order valence-electron chi connectivity index (χ2n) is 2.51. The zero-order chi connectivity index (χ0) is 10.7. The van der Waals surface area contributed by atoms with E-state index < -0.39 is 11.6 Å². The summed E-state index contributed by atoms with van der Waals surface area (Å²) in [6.07, 6.45) is 0. The zero-order valence-corrected chi connectivity index (χ0v) is 8.57. The average Bonchev–Trinajstić information content (AvgIpc) is 2.08. The Kier molecular flexibility index (Phi) is 3.40. The molecule has 0 amide bonds. The molecule has 14 heavy (non-hydrogen) atoms. The van der Waals surface area contributed by atoms with Crippen molar-refractivity contribution in [2.75, 3.05) is 6.61 Å². The highest BCUT2D eigenvalue weighted by Gasteiger charge is 2.11. The van der Waals surface area contributed by atoms with Gasteiger partial charge < -0.3 is 10.5 Å². The Bertz CT molecular complexity index is 371. The van der Waals surface area contributed by atoms with Crippen molar-refractivity contribution < 1.29 is 13.5 Å². The number of nitrogens with two attached hydrogens (primary N) is 1. The minimum Gasteiger partial charge on any atom is -0.483 e. The molecule has 3 N–H and O–H groups in total. The van der Waals surface area contributed by atoms with Gasteiger partial charge in [0.2, 0.25) is 5.82 Å². The molecule has 0 aliphatic heterocycles. The summed E-state index contributed by atoms with van der Waals surface area (Å²) < 4.78 is 30.9. The average molecular weight is 265 g/mol. The first kappa shape index (κ1) is 10.9. The molecule has 0 aliphatic rings. The predicted octanol–water partition coefficient (Wildman–Crippen LogP) is 2.04. The Morgan fingerprint density at radius 1 is 1.50 bits per heavy atom. The number of benzene rings is 1. The second kappa shape index (κ2) is 4.36. The first-order valence-corrected chi connectivity index (χ1v) is 4.40. The number of hydrogen-bond acceptors (Lipinski definition) is 2. The zero-order valence-electron chi connectivity index (χ0n) is 6.98. The summed E-state index contributed by atoms with van der Waals surface area (Å²) in [5.74, 6) is -2.63. The van der Waals surface area contributed by atoms with Crippen molar-refractivity contribution in [1.82, 2.24) is 0 Å². The smallest absolute Gasteiger partial charge is 0.200 e. The van der Waals surface area contributed by atoms with E-state index in [0.29, 0.717) is 4.47 Å². The lowest BCUT2D eigenvalue weighted by atomic mass is 10.3. The lowest BCUT2D eigenvalue weighted by Crippen LogP contribution is -2.19. The van der Waals surface area contributed by atoms with E-state index in [1.165, 1.54) is 6.07 Å². The fraction of sp³-hybridized carbons (Fsp3) is 0.125. The maximum Gasteiger partial charge on any atom is 0.200 e. The van der Waals surface area contributed by atoms with Gasteiger partial charge in [0.15, 0.2) is 11.6 Å². The molecule has 3 nitrogen and oxygen atoms in total. The van der Waals surface area contributed by atoms with Crippen LogP contribution in [0.2, 0.25) is 0 Å². The molecule has 0 saturated heterocycles. The number of halogens is 3. The van der Waals surface area contributed by atoms with Crippen LogP contribution in [-0.4, -0.2) is 12.4 Å². The number of amidine groups is 1. The third-order valence-electron chi connectivity index (χ3n) is 1.34.